The predicted molar refractivity (Wildman–Crippen MR) is 73.8 cm³/mol. The molecule has 1 fully saturated rings. The van der Waals surface area contributed by atoms with Gasteiger partial charge in [0.2, 0.25) is 0 Å². The van der Waals surface area contributed by atoms with Crippen LogP contribution in [0.2, 0.25) is 8.67 Å². The summed E-state index contributed by atoms with van der Waals surface area (Å²) in [5.74, 6) is 0.0963. The van der Waals surface area contributed by atoms with Crippen molar-refractivity contribution < 1.29 is 13.2 Å². The highest BCUT2D eigenvalue weighted by molar-refractivity contribution is 7.91. The Morgan fingerprint density at radius 3 is 2.44 bits per heavy atom. The zero-order valence-electron chi connectivity index (χ0n) is 9.36. The SMILES string of the molecule is O=C(CN1CCS(=O)(=O)CC1)c1cc(Cl)sc1Cl. The maximum atomic E-state index is 12.0. The Balaban J connectivity index is 1.99. The molecule has 1 aliphatic heterocycles. The van der Waals surface area contributed by atoms with Crippen LogP contribution >= 0.6 is 34.5 Å². The van der Waals surface area contributed by atoms with Crippen LogP contribution in [-0.2, 0) is 9.84 Å². The third kappa shape index (κ3) is 3.45. The topological polar surface area (TPSA) is 54.5 Å². The molecule has 0 aromatic carbocycles. The van der Waals surface area contributed by atoms with E-state index in [0.29, 0.717) is 27.3 Å². The second-order valence-corrected chi connectivity index (χ2v) is 8.68. The Labute approximate surface area is 119 Å². The average molecular weight is 328 g/mol. The van der Waals surface area contributed by atoms with E-state index in [4.69, 9.17) is 23.2 Å². The van der Waals surface area contributed by atoms with Gasteiger partial charge in [0.1, 0.15) is 4.34 Å². The number of ketones is 1. The highest BCUT2D eigenvalue weighted by Gasteiger charge is 2.24. The van der Waals surface area contributed by atoms with Crippen molar-refractivity contribution in [2.24, 2.45) is 0 Å². The minimum Gasteiger partial charge on any atom is -0.294 e. The molecule has 0 bridgehead atoms. The van der Waals surface area contributed by atoms with E-state index in [9.17, 15) is 13.2 Å². The lowest BCUT2D eigenvalue weighted by molar-refractivity contribution is 0.0936. The van der Waals surface area contributed by atoms with Gasteiger partial charge in [-0.15, -0.1) is 11.3 Å². The number of carbonyl (C=O) groups excluding carboxylic acids is 1. The summed E-state index contributed by atoms with van der Waals surface area (Å²) in [5.41, 5.74) is 0.417. The van der Waals surface area contributed by atoms with Gasteiger partial charge in [-0.05, 0) is 6.07 Å². The molecule has 1 aromatic rings. The molecule has 0 radical (unpaired) electrons. The van der Waals surface area contributed by atoms with Crippen molar-refractivity contribution in [1.29, 1.82) is 0 Å². The molecule has 0 saturated carbocycles. The summed E-state index contributed by atoms with van der Waals surface area (Å²) in [6, 6.07) is 1.55. The fourth-order valence-corrected chi connectivity index (χ4v) is 4.50. The summed E-state index contributed by atoms with van der Waals surface area (Å²) in [4.78, 5) is 13.8. The van der Waals surface area contributed by atoms with Crippen molar-refractivity contribution in [1.82, 2.24) is 4.90 Å². The van der Waals surface area contributed by atoms with Crippen molar-refractivity contribution in [3.8, 4) is 0 Å². The van der Waals surface area contributed by atoms with E-state index >= 15 is 0 Å². The second-order valence-electron chi connectivity index (χ2n) is 4.09. The average Bonchev–Trinajstić information content (AvgIpc) is 2.61. The van der Waals surface area contributed by atoms with E-state index < -0.39 is 9.84 Å². The van der Waals surface area contributed by atoms with E-state index in [1.165, 1.54) is 0 Å². The first kappa shape index (κ1) is 14.3. The highest BCUT2D eigenvalue weighted by Crippen LogP contribution is 2.31. The summed E-state index contributed by atoms with van der Waals surface area (Å²) in [6.45, 7) is 0.968. The Bertz CT molecular complexity index is 554. The largest absolute Gasteiger partial charge is 0.294 e. The number of thiophene rings is 1. The standard InChI is InChI=1S/C10H11Cl2NO3S2/c11-9-5-7(10(12)17-9)8(14)6-13-1-3-18(15,16)4-2-13/h5H,1-4,6H2. The van der Waals surface area contributed by atoms with Gasteiger partial charge in [0.25, 0.3) is 0 Å². The molecule has 100 valence electrons. The molecule has 1 aromatic heterocycles. The molecule has 0 aliphatic carbocycles. The summed E-state index contributed by atoms with van der Waals surface area (Å²) < 4.78 is 23.4. The van der Waals surface area contributed by atoms with Crippen LogP contribution in [0.4, 0.5) is 0 Å². The fraction of sp³-hybridized carbons (Fsp3) is 0.500. The highest BCUT2D eigenvalue weighted by atomic mass is 35.5. The van der Waals surface area contributed by atoms with Crippen LogP contribution in [0.1, 0.15) is 10.4 Å². The summed E-state index contributed by atoms with van der Waals surface area (Å²) >= 11 is 12.8. The Morgan fingerprint density at radius 2 is 1.94 bits per heavy atom. The zero-order chi connectivity index (χ0) is 13.3. The quantitative estimate of drug-likeness (QED) is 0.796. The molecular formula is C10H11Cl2NO3S2. The van der Waals surface area contributed by atoms with Gasteiger partial charge < -0.3 is 0 Å². The number of carbonyl (C=O) groups is 1. The third-order valence-corrected chi connectivity index (χ3v) is 5.86. The number of halogens is 2. The van der Waals surface area contributed by atoms with Crippen molar-refractivity contribution >= 4 is 50.2 Å². The normalized spacial score (nSPS) is 19.9. The first-order valence-electron chi connectivity index (χ1n) is 5.28. The van der Waals surface area contributed by atoms with Gasteiger partial charge >= 0.3 is 0 Å². The maximum Gasteiger partial charge on any atom is 0.179 e. The molecule has 0 amide bonds. The summed E-state index contributed by atoms with van der Waals surface area (Å²) in [5, 5.41) is 0. The van der Waals surface area contributed by atoms with E-state index in [-0.39, 0.29) is 23.8 Å². The summed E-state index contributed by atoms with van der Waals surface area (Å²) in [6.07, 6.45) is 0. The molecule has 1 saturated heterocycles. The van der Waals surface area contributed by atoms with Crippen molar-refractivity contribution in [2.75, 3.05) is 31.1 Å². The van der Waals surface area contributed by atoms with Gasteiger partial charge in [-0.25, -0.2) is 8.42 Å². The van der Waals surface area contributed by atoms with Gasteiger partial charge in [0.15, 0.2) is 15.6 Å². The van der Waals surface area contributed by atoms with Crippen LogP contribution < -0.4 is 0 Å². The number of nitrogens with zero attached hydrogens (tertiary/aromatic N) is 1. The first-order valence-corrected chi connectivity index (χ1v) is 8.67. The van der Waals surface area contributed by atoms with Crippen molar-refractivity contribution in [2.45, 2.75) is 0 Å². The van der Waals surface area contributed by atoms with Gasteiger partial charge in [0.05, 0.1) is 28.0 Å². The first-order chi connectivity index (χ1) is 8.37. The minimum atomic E-state index is -2.92. The fourth-order valence-electron chi connectivity index (χ4n) is 1.73. The molecule has 2 heterocycles. The smallest absolute Gasteiger partial charge is 0.179 e. The zero-order valence-corrected chi connectivity index (χ0v) is 12.5. The Kier molecular flexibility index (Phi) is 4.33. The molecule has 2 rings (SSSR count). The van der Waals surface area contributed by atoms with Crippen LogP contribution in [-0.4, -0.2) is 50.2 Å². The maximum absolute atomic E-state index is 12.0. The molecule has 8 heteroatoms. The number of hydrogen-bond donors (Lipinski definition) is 0. The lowest BCUT2D eigenvalue weighted by Crippen LogP contribution is -2.42. The second kappa shape index (κ2) is 5.46. The molecule has 1 aliphatic rings. The van der Waals surface area contributed by atoms with E-state index in [0.717, 1.165) is 11.3 Å². The molecular weight excluding hydrogens is 317 g/mol. The van der Waals surface area contributed by atoms with Crippen LogP contribution in [0.15, 0.2) is 6.07 Å². The van der Waals surface area contributed by atoms with Gasteiger partial charge in [-0.3, -0.25) is 9.69 Å². The van der Waals surface area contributed by atoms with Gasteiger partial charge in [-0.1, -0.05) is 23.2 Å². The molecule has 0 unspecified atom stereocenters. The lowest BCUT2D eigenvalue weighted by atomic mass is 10.2. The van der Waals surface area contributed by atoms with Crippen LogP contribution in [0.5, 0.6) is 0 Å². The number of sulfone groups is 1. The molecule has 4 nitrogen and oxygen atoms in total. The number of hydrogen-bond acceptors (Lipinski definition) is 5. The predicted octanol–water partition coefficient (Wildman–Crippen LogP) is 1.97. The summed E-state index contributed by atoms with van der Waals surface area (Å²) in [7, 11) is -2.92. The number of Topliss-reactive ketones (excluding diaryl/α,β-unsaturated/α-hetero) is 1. The minimum absolute atomic E-state index is 0.110. The van der Waals surface area contributed by atoms with Crippen molar-refractivity contribution in [3.05, 3.63) is 20.3 Å². The Hall–Kier alpha value is -0.140. The van der Waals surface area contributed by atoms with Crippen molar-refractivity contribution in [3.63, 3.8) is 0 Å². The van der Waals surface area contributed by atoms with Gasteiger partial charge in [-0.2, -0.15) is 0 Å². The van der Waals surface area contributed by atoms with E-state index in [2.05, 4.69) is 0 Å². The third-order valence-electron chi connectivity index (χ3n) is 2.76. The monoisotopic (exact) mass is 327 g/mol. The molecule has 0 spiro atoms. The number of rotatable bonds is 3. The van der Waals surface area contributed by atoms with E-state index in [1.807, 2.05) is 4.90 Å². The van der Waals surface area contributed by atoms with Crippen LogP contribution in [0.3, 0.4) is 0 Å². The Morgan fingerprint density at radius 1 is 1.33 bits per heavy atom. The molecule has 0 N–H and O–H groups in total. The van der Waals surface area contributed by atoms with Gasteiger partial charge in [0, 0.05) is 13.1 Å². The lowest BCUT2D eigenvalue weighted by Gasteiger charge is -2.25. The molecule has 18 heavy (non-hydrogen) atoms. The van der Waals surface area contributed by atoms with E-state index in [1.54, 1.807) is 6.07 Å². The van der Waals surface area contributed by atoms with Crippen LogP contribution in [0.25, 0.3) is 0 Å². The van der Waals surface area contributed by atoms with Crippen LogP contribution in [0, 0.1) is 0 Å². The molecule has 0 atom stereocenters.